The van der Waals surface area contributed by atoms with Crippen LogP contribution in [-0.2, 0) is 4.74 Å². The normalized spacial score (nSPS) is 13.2. The van der Waals surface area contributed by atoms with Crippen LogP contribution in [0.4, 0.5) is 4.39 Å². The fourth-order valence-electron chi connectivity index (χ4n) is 0.743. The van der Waals surface area contributed by atoms with E-state index in [2.05, 4.69) is 0 Å². The molecule has 0 fully saturated rings. The summed E-state index contributed by atoms with van der Waals surface area (Å²) >= 11 is 5.42. The molecule has 0 aromatic carbocycles. The van der Waals surface area contributed by atoms with Crippen molar-refractivity contribution in [2.45, 2.75) is 32.0 Å². The number of aliphatic hydroxyl groups excluding tert-OH is 1. The Morgan fingerprint density at radius 1 is 1.33 bits per heavy atom. The Balaban J connectivity index is 3.02. The van der Waals surface area contributed by atoms with Crippen LogP contribution in [0.1, 0.15) is 25.7 Å². The molecule has 0 rings (SSSR count). The standard InChI is InChI=1S/C8H16ClFO2/c9-5-1-2-7-12-8(10)4-3-6-11/h8,11H,1-7H2. The van der Waals surface area contributed by atoms with Crippen LogP contribution in [0.3, 0.4) is 0 Å². The molecule has 1 N–H and O–H groups in total. The van der Waals surface area contributed by atoms with Crippen molar-refractivity contribution in [3.63, 3.8) is 0 Å². The van der Waals surface area contributed by atoms with Gasteiger partial charge in [-0.1, -0.05) is 0 Å². The predicted octanol–water partition coefficient (Wildman–Crippen LogP) is 2.09. The van der Waals surface area contributed by atoms with Gasteiger partial charge in [-0.2, -0.15) is 0 Å². The summed E-state index contributed by atoms with van der Waals surface area (Å²) in [5.41, 5.74) is 0. The summed E-state index contributed by atoms with van der Waals surface area (Å²) in [6.07, 6.45) is 1.15. The van der Waals surface area contributed by atoms with E-state index in [4.69, 9.17) is 21.4 Å². The maximum atomic E-state index is 12.7. The summed E-state index contributed by atoms with van der Waals surface area (Å²) in [4.78, 5) is 0. The molecule has 0 aliphatic rings. The fraction of sp³-hybridized carbons (Fsp3) is 1.00. The minimum absolute atomic E-state index is 0.0193. The SMILES string of the molecule is OCCCC(F)OCCCCCl. The highest BCUT2D eigenvalue weighted by molar-refractivity contribution is 6.17. The smallest absolute Gasteiger partial charge is 0.198 e. The molecule has 1 unspecified atom stereocenters. The maximum Gasteiger partial charge on any atom is 0.198 e. The molecule has 0 heterocycles. The van der Waals surface area contributed by atoms with E-state index in [9.17, 15) is 4.39 Å². The second-order valence-corrected chi connectivity index (χ2v) is 2.92. The summed E-state index contributed by atoms with van der Waals surface area (Å²) < 4.78 is 17.5. The first-order valence-electron chi connectivity index (χ1n) is 4.23. The van der Waals surface area contributed by atoms with E-state index in [1.54, 1.807) is 0 Å². The van der Waals surface area contributed by atoms with Crippen LogP contribution in [0.2, 0.25) is 0 Å². The van der Waals surface area contributed by atoms with Crippen LogP contribution in [0.25, 0.3) is 0 Å². The molecule has 0 radical (unpaired) electrons. The molecule has 2 nitrogen and oxygen atoms in total. The number of rotatable bonds is 8. The van der Waals surface area contributed by atoms with E-state index in [0.717, 1.165) is 12.8 Å². The number of unbranched alkanes of at least 4 members (excludes halogenated alkanes) is 1. The molecule has 0 amide bonds. The van der Waals surface area contributed by atoms with Crippen LogP contribution < -0.4 is 0 Å². The van der Waals surface area contributed by atoms with Gasteiger partial charge in [-0.15, -0.1) is 11.6 Å². The molecule has 0 bridgehead atoms. The third kappa shape index (κ3) is 8.24. The maximum absolute atomic E-state index is 12.7. The first kappa shape index (κ1) is 12.1. The highest BCUT2D eigenvalue weighted by Gasteiger charge is 2.04. The van der Waals surface area contributed by atoms with Gasteiger partial charge < -0.3 is 9.84 Å². The number of aliphatic hydroxyl groups is 1. The molecular formula is C8H16ClFO2. The molecular weight excluding hydrogens is 183 g/mol. The van der Waals surface area contributed by atoms with E-state index in [0.29, 0.717) is 18.9 Å². The lowest BCUT2D eigenvalue weighted by molar-refractivity contribution is -0.0471. The topological polar surface area (TPSA) is 29.5 Å². The zero-order valence-electron chi connectivity index (χ0n) is 7.14. The first-order valence-corrected chi connectivity index (χ1v) is 4.77. The lowest BCUT2D eigenvalue weighted by Gasteiger charge is -2.07. The summed E-state index contributed by atoms with van der Waals surface area (Å²) in [6, 6.07) is 0. The average Bonchev–Trinajstić information content (AvgIpc) is 2.09. The van der Waals surface area contributed by atoms with Gasteiger partial charge in [0.15, 0.2) is 6.36 Å². The Bertz CT molecular complexity index is 93.1. The molecule has 0 aliphatic carbocycles. The van der Waals surface area contributed by atoms with Crippen molar-refractivity contribution >= 4 is 11.6 Å². The Labute approximate surface area is 77.7 Å². The third-order valence-corrected chi connectivity index (χ3v) is 1.68. The van der Waals surface area contributed by atoms with Gasteiger partial charge in [-0.3, -0.25) is 0 Å². The second-order valence-electron chi connectivity index (χ2n) is 2.54. The second kappa shape index (κ2) is 9.23. The molecule has 12 heavy (non-hydrogen) atoms. The number of hydrogen-bond donors (Lipinski definition) is 1. The highest BCUT2D eigenvalue weighted by Crippen LogP contribution is 2.04. The van der Waals surface area contributed by atoms with Crippen molar-refractivity contribution in [1.29, 1.82) is 0 Å². The van der Waals surface area contributed by atoms with Crippen LogP contribution in [0, 0.1) is 0 Å². The molecule has 4 heteroatoms. The Kier molecular flexibility index (Phi) is 9.34. The van der Waals surface area contributed by atoms with E-state index in [-0.39, 0.29) is 13.0 Å². The molecule has 1 atom stereocenters. The van der Waals surface area contributed by atoms with Crippen molar-refractivity contribution in [3.05, 3.63) is 0 Å². The van der Waals surface area contributed by atoms with Gasteiger partial charge >= 0.3 is 0 Å². The molecule has 0 aliphatic heterocycles. The van der Waals surface area contributed by atoms with Crippen LogP contribution in [-0.4, -0.2) is 30.6 Å². The minimum Gasteiger partial charge on any atom is -0.396 e. The number of ether oxygens (including phenoxy) is 1. The minimum atomic E-state index is -1.23. The van der Waals surface area contributed by atoms with E-state index >= 15 is 0 Å². The van der Waals surface area contributed by atoms with Crippen LogP contribution in [0.5, 0.6) is 0 Å². The number of hydrogen-bond acceptors (Lipinski definition) is 2. The van der Waals surface area contributed by atoms with E-state index in [1.807, 2.05) is 0 Å². The van der Waals surface area contributed by atoms with Crippen molar-refractivity contribution in [3.8, 4) is 0 Å². The van der Waals surface area contributed by atoms with Crippen molar-refractivity contribution in [2.75, 3.05) is 19.1 Å². The summed E-state index contributed by atoms with van der Waals surface area (Å²) in [5, 5.41) is 8.39. The van der Waals surface area contributed by atoms with E-state index < -0.39 is 6.36 Å². The van der Waals surface area contributed by atoms with Crippen molar-refractivity contribution in [1.82, 2.24) is 0 Å². The van der Waals surface area contributed by atoms with Gasteiger partial charge in [0, 0.05) is 18.9 Å². The number of alkyl halides is 2. The van der Waals surface area contributed by atoms with Crippen LogP contribution >= 0.6 is 11.6 Å². The Hall–Kier alpha value is 0.140. The quantitative estimate of drug-likeness (QED) is 0.478. The van der Waals surface area contributed by atoms with Gasteiger partial charge in [0.25, 0.3) is 0 Å². The average molecular weight is 199 g/mol. The molecule has 0 spiro atoms. The molecule has 0 saturated heterocycles. The van der Waals surface area contributed by atoms with Crippen molar-refractivity contribution < 1.29 is 14.2 Å². The predicted molar refractivity (Wildman–Crippen MR) is 47.1 cm³/mol. The largest absolute Gasteiger partial charge is 0.396 e. The van der Waals surface area contributed by atoms with Gasteiger partial charge in [0.05, 0.1) is 6.61 Å². The van der Waals surface area contributed by atoms with Gasteiger partial charge in [-0.05, 0) is 19.3 Å². The number of halogens is 2. The monoisotopic (exact) mass is 198 g/mol. The summed E-state index contributed by atoms with van der Waals surface area (Å²) in [7, 11) is 0. The van der Waals surface area contributed by atoms with Gasteiger partial charge in [0.2, 0.25) is 0 Å². The summed E-state index contributed by atoms with van der Waals surface area (Å²) in [5.74, 6) is 0.594. The Morgan fingerprint density at radius 2 is 2.08 bits per heavy atom. The molecule has 0 aromatic heterocycles. The van der Waals surface area contributed by atoms with Crippen LogP contribution in [0.15, 0.2) is 0 Å². The first-order chi connectivity index (χ1) is 5.81. The zero-order valence-corrected chi connectivity index (χ0v) is 7.89. The molecule has 0 aromatic rings. The third-order valence-electron chi connectivity index (χ3n) is 1.42. The summed E-state index contributed by atoms with van der Waals surface area (Å²) in [6.45, 7) is 0.435. The highest BCUT2D eigenvalue weighted by atomic mass is 35.5. The Morgan fingerprint density at radius 3 is 2.67 bits per heavy atom. The molecule has 0 saturated carbocycles. The lowest BCUT2D eigenvalue weighted by atomic mass is 10.3. The van der Waals surface area contributed by atoms with Gasteiger partial charge in [0.1, 0.15) is 0 Å². The lowest BCUT2D eigenvalue weighted by Crippen LogP contribution is -2.08. The van der Waals surface area contributed by atoms with Crippen molar-refractivity contribution in [2.24, 2.45) is 0 Å². The zero-order chi connectivity index (χ0) is 9.23. The molecule has 74 valence electrons. The van der Waals surface area contributed by atoms with Gasteiger partial charge in [-0.25, -0.2) is 4.39 Å². The fourth-order valence-corrected chi connectivity index (χ4v) is 0.932. The van der Waals surface area contributed by atoms with E-state index in [1.165, 1.54) is 0 Å².